The summed E-state index contributed by atoms with van der Waals surface area (Å²) >= 11 is 3.15. The van der Waals surface area contributed by atoms with E-state index >= 15 is 0 Å². The maximum atomic E-state index is 11.6. The maximum Gasteiger partial charge on any atom is 0.180 e. The summed E-state index contributed by atoms with van der Waals surface area (Å²) in [5.41, 5.74) is 9.03. The van der Waals surface area contributed by atoms with Gasteiger partial charge in [-0.25, -0.2) is 0 Å². The Labute approximate surface area is 243 Å². The van der Waals surface area contributed by atoms with Crippen LogP contribution in [0.25, 0.3) is 0 Å². The minimum Gasteiger partial charge on any atom is -0.493 e. The number of nitrogens with two attached hydrogens (primary N) is 1. The highest BCUT2D eigenvalue weighted by atomic mass is 32.2. The number of thioether (sulfide) groups is 2. The van der Waals surface area contributed by atoms with Crippen molar-refractivity contribution in [2.75, 3.05) is 19.5 Å². The van der Waals surface area contributed by atoms with Gasteiger partial charge in [-0.2, -0.15) is 5.26 Å². The lowest BCUT2D eigenvalue weighted by molar-refractivity contribution is -0.112. The van der Waals surface area contributed by atoms with Gasteiger partial charge in [-0.05, 0) is 35.9 Å². The van der Waals surface area contributed by atoms with Crippen LogP contribution in [-0.4, -0.2) is 32.1 Å². The SMILES string of the molecule is C=C/C(SCc1ccccc1)=C(\C=C)C(C=O)Oc1ccc(C#N)cc1.COc1cc2c(cc1OC)SC(N)N2. The number of nitrogens with one attached hydrogen (secondary N) is 1. The Morgan fingerprint density at radius 3 is 2.35 bits per heavy atom. The molecule has 0 bridgehead atoms. The highest BCUT2D eigenvalue weighted by Gasteiger charge is 2.21. The summed E-state index contributed by atoms with van der Waals surface area (Å²) < 4.78 is 16.2. The van der Waals surface area contributed by atoms with E-state index in [1.807, 2.05) is 48.5 Å². The van der Waals surface area contributed by atoms with Gasteiger partial charge in [-0.1, -0.05) is 67.4 Å². The number of rotatable bonds is 11. The molecule has 0 saturated heterocycles. The molecule has 0 fully saturated rings. The van der Waals surface area contributed by atoms with Gasteiger partial charge in [-0.15, -0.1) is 11.8 Å². The Hall–Kier alpha value is -4.10. The first-order valence-corrected chi connectivity index (χ1v) is 14.0. The van der Waals surface area contributed by atoms with E-state index in [1.165, 1.54) is 5.56 Å². The first kappa shape index (κ1) is 30.4. The van der Waals surface area contributed by atoms with Crippen LogP contribution in [0.3, 0.4) is 0 Å². The van der Waals surface area contributed by atoms with Gasteiger partial charge in [0.15, 0.2) is 23.9 Å². The molecule has 0 aromatic heterocycles. The Balaban J connectivity index is 0.000000263. The molecule has 0 amide bonds. The smallest absolute Gasteiger partial charge is 0.180 e. The van der Waals surface area contributed by atoms with Gasteiger partial charge in [0.2, 0.25) is 0 Å². The van der Waals surface area contributed by atoms with Crippen molar-refractivity contribution >= 4 is 35.5 Å². The van der Waals surface area contributed by atoms with Gasteiger partial charge >= 0.3 is 0 Å². The molecule has 40 heavy (non-hydrogen) atoms. The minimum atomic E-state index is -0.795. The number of fused-ring (bicyclic) bond motifs is 1. The van der Waals surface area contributed by atoms with E-state index in [2.05, 4.69) is 18.5 Å². The molecule has 4 rings (SSSR count). The lowest BCUT2D eigenvalue weighted by Crippen LogP contribution is -2.21. The van der Waals surface area contributed by atoms with Crippen LogP contribution >= 0.6 is 23.5 Å². The largest absolute Gasteiger partial charge is 0.493 e. The molecular weight excluding hydrogens is 542 g/mol. The van der Waals surface area contributed by atoms with Gasteiger partial charge in [0, 0.05) is 27.2 Å². The Bertz CT molecular complexity index is 1350. The predicted molar refractivity (Wildman–Crippen MR) is 164 cm³/mol. The van der Waals surface area contributed by atoms with E-state index < -0.39 is 6.10 Å². The van der Waals surface area contributed by atoms with E-state index in [0.717, 1.165) is 33.3 Å². The molecule has 2 atom stereocenters. The van der Waals surface area contributed by atoms with E-state index in [9.17, 15) is 4.79 Å². The lowest BCUT2D eigenvalue weighted by Gasteiger charge is -2.17. The average molecular weight is 574 g/mol. The summed E-state index contributed by atoms with van der Waals surface area (Å²) in [4.78, 5) is 13.6. The van der Waals surface area contributed by atoms with E-state index in [4.69, 9.17) is 25.2 Å². The molecule has 0 spiro atoms. The van der Waals surface area contributed by atoms with Crippen LogP contribution in [0.2, 0.25) is 0 Å². The van der Waals surface area contributed by atoms with Crippen LogP contribution in [0.1, 0.15) is 11.1 Å². The number of nitriles is 1. The van der Waals surface area contributed by atoms with Gasteiger partial charge in [-0.3, -0.25) is 4.79 Å². The fourth-order valence-corrected chi connectivity index (χ4v) is 5.54. The summed E-state index contributed by atoms with van der Waals surface area (Å²) in [6.07, 6.45) is 3.28. The van der Waals surface area contributed by atoms with Gasteiger partial charge < -0.3 is 25.3 Å². The van der Waals surface area contributed by atoms with Crippen molar-refractivity contribution in [2.24, 2.45) is 5.73 Å². The zero-order valence-electron chi connectivity index (χ0n) is 22.3. The maximum absolute atomic E-state index is 11.6. The number of methoxy groups -OCH3 is 2. The number of anilines is 1. The van der Waals surface area contributed by atoms with E-state index in [-0.39, 0.29) is 5.50 Å². The molecule has 1 aliphatic heterocycles. The predicted octanol–water partition coefficient (Wildman–Crippen LogP) is 6.53. The first-order chi connectivity index (χ1) is 19.5. The van der Waals surface area contributed by atoms with Crippen LogP contribution in [0, 0.1) is 11.3 Å². The summed E-state index contributed by atoms with van der Waals surface area (Å²) in [5, 5.41) is 12.0. The molecule has 3 aromatic carbocycles. The number of carbonyl (C=O) groups excluding carboxylic acids is 1. The third-order valence-electron chi connectivity index (χ3n) is 5.64. The van der Waals surface area contributed by atoms with E-state index in [0.29, 0.717) is 22.6 Å². The summed E-state index contributed by atoms with van der Waals surface area (Å²) in [7, 11) is 3.24. The number of nitrogens with zero attached hydrogens (tertiary/aromatic N) is 1. The van der Waals surface area contributed by atoms with Crippen molar-refractivity contribution in [3.8, 4) is 23.3 Å². The molecule has 1 heterocycles. The lowest BCUT2D eigenvalue weighted by atomic mass is 10.1. The van der Waals surface area contributed by atoms with Crippen molar-refractivity contribution < 1.29 is 19.0 Å². The molecule has 0 radical (unpaired) electrons. The van der Waals surface area contributed by atoms with Crippen LogP contribution in [-0.2, 0) is 10.5 Å². The van der Waals surface area contributed by atoms with Crippen LogP contribution in [0.15, 0.2) is 107 Å². The zero-order valence-corrected chi connectivity index (χ0v) is 24.0. The molecule has 0 aliphatic carbocycles. The normalized spacial score (nSPS) is 14.5. The van der Waals surface area contributed by atoms with Crippen molar-refractivity contribution in [3.05, 3.63) is 114 Å². The molecule has 3 aromatic rings. The zero-order chi connectivity index (χ0) is 28.9. The summed E-state index contributed by atoms with van der Waals surface area (Å²) in [6.45, 7) is 7.68. The number of aldehydes is 1. The number of hydrogen-bond donors (Lipinski definition) is 2. The van der Waals surface area contributed by atoms with E-state index in [1.54, 1.807) is 74.2 Å². The second kappa shape index (κ2) is 15.5. The molecule has 206 valence electrons. The molecule has 0 saturated carbocycles. The first-order valence-electron chi connectivity index (χ1n) is 12.2. The summed E-state index contributed by atoms with van der Waals surface area (Å²) in [5.74, 6) is 2.71. The molecule has 7 nitrogen and oxygen atoms in total. The topological polar surface area (TPSA) is 107 Å². The quantitative estimate of drug-likeness (QED) is 0.196. The van der Waals surface area contributed by atoms with Crippen molar-refractivity contribution in [1.82, 2.24) is 0 Å². The minimum absolute atomic E-state index is 0.0817. The van der Waals surface area contributed by atoms with Gasteiger partial charge in [0.1, 0.15) is 11.2 Å². The standard InChI is InChI=1S/C22H19NO2S.C9H12N2O2S/c1-3-20(22(4-2)26-16-18-8-6-5-7-9-18)21(15-24)25-19-12-10-17(14-23)11-13-19;1-12-6-3-5-8(4-7(6)13-2)14-9(10)11-5/h3-13,15,21H,1-2,16H2;3-4,9,11H,10H2,1-2H3/b22-20-;. The second-order valence-electron chi connectivity index (χ2n) is 8.20. The third kappa shape index (κ3) is 8.20. The highest BCUT2D eigenvalue weighted by molar-refractivity contribution is 8.02. The van der Waals surface area contributed by atoms with Crippen LogP contribution < -0.4 is 25.3 Å². The Morgan fingerprint density at radius 2 is 1.77 bits per heavy atom. The fourth-order valence-electron chi connectivity index (χ4n) is 3.66. The van der Waals surface area contributed by atoms with Gasteiger partial charge in [0.25, 0.3) is 0 Å². The molecular formula is C31H31N3O4S2. The number of ether oxygens (including phenoxy) is 3. The second-order valence-corrected chi connectivity index (χ2v) is 10.4. The van der Waals surface area contributed by atoms with Crippen LogP contribution in [0.4, 0.5) is 5.69 Å². The van der Waals surface area contributed by atoms with Crippen LogP contribution in [0.5, 0.6) is 17.2 Å². The van der Waals surface area contributed by atoms with Crippen molar-refractivity contribution in [1.29, 1.82) is 5.26 Å². The number of allylic oxidation sites excluding steroid dienone is 1. The molecule has 1 aliphatic rings. The molecule has 3 N–H and O–H groups in total. The Morgan fingerprint density at radius 1 is 1.10 bits per heavy atom. The fraction of sp³-hybridized carbons (Fsp3) is 0.161. The van der Waals surface area contributed by atoms with Crippen molar-refractivity contribution in [2.45, 2.75) is 22.3 Å². The highest BCUT2D eigenvalue weighted by Crippen LogP contribution is 2.43. The average Bonchev–Trinajstić information content (AvgIpc) is 3.37. The Kier molecular flexibility index (Phi) is 11.8. The number of benzene rings is 3. The van der Waals surface area contributed by atoms with Crippen molar-refractivity contribution in [3.63, 3.8) is 0 Å². The molecule has 9 heteroatoms. The molecule has 2 unspecified atom stereocenters. The third-order valence-corrected chi connectivity index (χ3v) is 7.80. The number of carbonyl (C=O) groups is 1. The monoisotopic (exact) mass is 573 g/mol. The summed E-state index contributed by atoms with van der Waals surface area (Å²) in [6, 6.07) is 22.5. The van der Waals surface area contributed by atoms with Gasteiger partial charge in [0.05, 0.1) is 31.5 Å². The number of hydrogen-bond acceptors (Lipinski definition) is 9.